The summed E-state index contributed by atoms with van der Waals surface area (Å²) in [5.74, 6) is 1.89. The molecule has 2 aromatic carbocycles. The summed E-state index contributed by atoms with van der Waals surface area (Å²) in [6.45, 7) is 4.07. The molecule has 0 aliphatic heterocycles. The SMILES string of the molecule is CCC(C)Oc1cc(OC)c(PC(=O)c2ccccc2)c(OC)c1.[H-].[Li+]. The van der Waals surface area contributed by atoms with Gasteiger partial charge in [-0.05, 0) is 21.9 Å². The van der Waals surface area contributed by atoms with E-state index in [1.165, 1.54) is 0 Å². The molecule has 0 aliphatic carbocycles. The number of ether oxygens (including phenoxy) is 3. The number of methoxy groups -OCH3 is 2. The third kappa shape index (κ3) is 5.78. The molecular weight excluding hydrogens is 330 g/mol. The summed E-state index contributed by atoms with van der Waals surface area (Å²) < 4.78 is 16.8. The Labute approximate surface area is 164 Å². The van der Waals surface area contributed by atoms with Gasteiger partial charge in [0.2, 0.25) is 0 Å². The van der Waals surface area contributed by atoms with Gasteiger partial charge in [0, 0.05) is 17.7 Å². The zero-order valence-electron chi connectivity index (χ0n) is 16.5. The van der Waals surface area contributed by atoms with Crippen molar-refractivity contribution in [2.45, 2.75) is 26.4 Å². The third-order valence-electron chi connectivity index (χ3n) is 3.67. The molecule has 0 spiro atoms. The summed E-state index contributed by atoms with van der Waals surface area (Å²) in [4.78, 5) is 12.5. The maximum atomic E-state index is 12.5. The van der Waals surface area contributed by atoms with Gasteiger partial charge in [0.15, 0.2) is 5.52 Å². The fourth-order valence-electron chi connectivity index (χ4n) is 2.17. The molecule has 0 saturated heterocycles. The van der Waals surface area contributed by atoms with Gasteiger partial charge in [-0.15, -0.1) is 0 Å². The molecule has 2 unspecified atom stereocenters. The average molecular weight is 354 g/mol. The molecule has 0 fully saturated rings. The second kappa shape index (κ2) is 10.5. The maximum Gasteiger partial charge on any atom is 1.00 e. The van der Waals surface area contributed by atoms with Crippen molar-refractivity contribution in [1.29, 1.82) is 0 Å². The number of hydrogen-bond donors (Lipinski definition) is 0. The zero-order valence-corrected chi connectivity index (χ0v) is 16.5. The van der Waals surface area contributed by atoms with Crippen molar-refractivity contribution in [3.63, 3.8) is 0 Å². The molecule has 2 atom stereocenters. The molecule has 0 aliphatic rings. The van der Waals surface area contributed by atoms with Crippen molar-refractivity contribution in [2.24, 2.45) is 0 Å². The fourth-order valence-corrected chi connectivity index (χ4v) is 3.30. The molecule has 130 valence electrons. The van der Waals surface area contributed by atoms with E-state index in [1.807, 2.05) is 49.4 Å². The second-order valence-corrected chi connectivity index (χ2v) is 6.56. The molecule has 0 heterocycles. The van der Waals surface area contributed by atoms with Crippen molar-refractivity contribution >= 4 is 19.4 Å². The molecule has 2 aromatic rings. The van der Waals surface area contributed by atoms with E-state index in [1.54, 1.807) is 14.2 Å². The molecule has 0 saturated carbocycles. The summed E-state index contributed by atoms with van der Waals surface area (Å²) >= 11 is 0. The molecule has 0 amide bonds. The van der Waals surface area contributed by atoms with Crippen LogP contribution in [-0.4, -0.2) is 25.8 Å². The molecule has 0 N–H and O–H groups in total. The number of carbonyl (C=O) groups excluding carboxylic acids is 1. The maximum absolute atomic E-state index is 12.5. The van der Waals surface area contributed by atoms with Crippen LogP contribution in [0.15, 0.2) is 42.5 Å². The summed E-state index contributed by atoms with van der Waals surface area (Å²) in [6, 6.07) is 12.9. The zero-order chi connectivity index (χ0) is 17.5. The van der Waals surface area contributed by atoms with Gasteiger partial charge in [-0.1, -0.05) is 37.3 Å². The monoisotopic (exact) mass is 354 g/mol. The topological polar surface area (TPSA) is 44.8 Å². The first-order valence-corrected chi connectivity index (χ1v) is 8.88. The molecule has 0 radical (unpaired) electrons. The molecular formula is C19H24LiO4P. The summed E-state index contributed by atoms with van der Waals surface area (Å²) in [5.41, 5.74) is 0.725. The largest absolute Gasteiger partial charge is 1.00 e. The van der Waals surface area contributed by atoms with E-state index in [0.717, 1.165) is 11.7 Å². The quantitative estimate of drug-likeness (QED) is 0.527. The minimum Gasteiger partial charge on any atom is -1.00 e. The van der Waals surface area contributed by atoms with Crippen molar-refractivity contribution in [3.05, 3.63) is 48.0 Å². The Hall–Kier alpha value is -1.46. The summed E-state index contributed by atoms with van der Waals surface area (Å²) in [5, 5.41) is 0.755. The average Bonchev–Trinajstić information content (AvgIpc) is 2.62. The van der Waals surface area contributed by atoms with E-state index in [-0.39, 0.29) is 40.5 Å². The van der Waals surface area contributed by atoms with Gasteiger partial charge in [-0.3, -0.25) is 4.79 Å². The fraction of sp³-hybridized carbons (Fsp3) is 0.316. The van der Waals surface area contributed by atoms with Gasteiger partial charge < -0.3 is 15.6 Å². The van der Waals surface area contributed by atoms with Gasteiger partial charge in [0.05, 0.1) is 25.6 Å². The minimum atomic E-state index is -0.0849. The first-order chi connectivity index (χ1) is 11.6. The third-order valence-corrected chi connectivity index (χ3v) is 4.92. The van der Waals surface area contributed by atoms with E-state index >= 15 is 0 Å². The Bertz CT molecular complexity index is 672. The van der Waals surface area contributed by atoms with Gasteiger partial charge >= 0.3 is 18.9 Å². The van der Waals surface area contributed by atoms with Crippen molar-refractivity contribution < 1.29 is 39.3 Å². The van der Waals surface area contributed by atoms with Crippen LogP contribution in [0.25, 0.3) is 0 Å². The van der Waals surface area contributed by atoms with Crippen LogP contribution < -0.4 is 38.4 Å². The van der Waals surface area contributed by atoms with Crippen LogP contribution in [0.4, 0.5) is 0 Å². The molecule has 25 heavy (non-hydrogen) atoms. The molecule has 2 rings (SSSR count). The number of carbonyl (C=O) groups is 1. The van der Waals surface area contributed by atoms with Crippen molar-refractivity contribution in [1.82, 2.24) is 0 Å². The molecule has 4 nitrogen and oxygen atoms in total. The van der Waals surface area contributed by atoms with Gasteiger partial charge in [0.25, 0.3) is 0 Å². The van der Waals surface area contributed by atoms with E-state index in [2.05, 4.69) is 6.92 Å². The standard InChI is InChI=1S/C19H23O4P.Li.H/c1-5-13(2)23-15-11-16(21-3)18(17(12-15)22-4)24-19(20)14-9-7-6-8-10-14;;/h6-13,24H,5H2,1-4H3;;/q;+1;-1. The Kier molecular flexibility index (Phi) is 9.07. The van der Waals surface area contributed by atoms with E-state index in [0.29, 0.717) is 22.8 Å². The number of hydrogen-bond acceptors (Lipinski definition) is 4. The second-order valence-electron chi connectivity index (χ2n) is 5.36. The Balaban J connectivity index is 0.00000312. The predicted molar refractivity (Wildman–Crippen MR) is 99.8 cm³/mol. The number of rotatable bonds is 8. The molecule has 0 bridgehead atoms. The number of benzene rings is 2. The van der Waals surface area contributed by atoms with Crippen LogP contribution >= 0.6 is 8.58 Å². The van der Waals surface area contributed by atoms with Crippen molar-refractivity contribution in [3.8, 4) is 17.2 Å². The van der Waals surface area contributed by atoms with Crippen LogP contribution in [0, 0.1) is 0 Å². The Morgan fingerprint density at radius 1 is 1.12 bits per heavy atom. The van der Waals surface area contributed by atoms with Gasteiger partial charge in [-0.2, -0.15) is 0 Å². The first-order valence-electron chi connectivity index (χ1n) is 7.88. The van der Waals surface area contributed by atoms with E-state index in [9.17, 15) is 4.79 Å². The predicted octanol–water partition coefficient (Wildman–Crippen LogP) is 1.14. The Morgan fingerprint density at radius 2 is 1.68 bits per heavy atom. The van der Waals surface area contributed by atoms with Gasteiger partial charge in [-0.25, -0.2) is 0 Å². The van der Waals surface area contributed by atoms with Crippen LogP contribution in [0.3, 0.4) is 0 Å². The van der Waals surface area contributed by atoms with E-state index in [4.69, 9.17) is 14.2 Å². The van der Waals surface area contributed by atoms with Crippen molar-refractivity contribution in [2.75, 3.05) is 14.2 Å². The molecule has 6 heteroatoms. The van der Waals surface area contributed by atoms with E-state index < -0.39 is 0 Å². The van der Waals surface area contributed by atoms with Crippen LogP contribution in [0.5, 0.6) is 17.2 Å². The first kappa shape index (κ1) is 21.6. The van der Waals surface area contributed by atoms with Crippen LogP contribution in [-0.2, 0) is 0 Å². The van der Waals surface area contributed by atoms with Crippen LogP contribution in [0.2, 0.25) is 0 Å². The van der Waals surface area contributed by atoms with Crippen LogP contribution in [0.1, 0.15) is 32.1 Å². The minimum absolute atomic E-state index is 0. The van der Waals surface area contributed by atoms with Gasteiger partial charge in [0.1, 0.15) is 17.2 Å². The molecule has 0 aromatic heterocycles. The summed E-state index contributed by atoms with van der Waals surface area (Å²) in [6.07, 6.45) is 0.999. The smallest absolute Gasteiger partial charge is 1.00 e. The Morgan fingerprint density at radius 3 is 2.16 bits per heavy atom. The normalized spacial score (nSPS) is 11.7. The summed E-state index contributed by atoms with van der Waals surface area (Å²) in [7, 11) is 3.09.